The van der Waals surface area contributed by atoms with Crippen molar-refractivity contribution in [2.24, 2.45) is 23.7 Å². The molecule has 0 nitrogen and oxygen atoms in total. The molecule has 0 aromatic carbocycles. The first kappa shape index (κ1) is 15.3. The van der Waals surface area contributed by atoms with Crippen LogP contribution in [0.3, 0.4) is 0 Å². The first-order valence-corrected chi connectivity index (χ1v) is 8.86. The molecule has 2 rings (SSSR count). The van der Waals surface area contributed by atoms with Crippen LogP contribution >= 0.6 is 0 Å². The lowest BCUT2D eigenvalue weighted by Gasteiger charge is -2.39. The first-order chi connectivity index (χ1) is 9.22. The Morgan fingerprint density at radius 3 is 2.37 bits per heavy atom. The van der Waals surface area contributed by atoms with E-state index in [-0.39, 0.29) is 0 Å². The quantitative estimate of drug-likeness (QED) is 0.561. The van der Waals surface area contributed by atoms with Gasteiger partial charge in [-0.05, 0) is 42.9 Å². The number of halogens is 1. The summed E-state index contributed by atoms with van der Waals surface area (Å²) in [5, 5.41) is 0. The highest BCUT2D eigenvalue weighted by Crippen LogP contribution is 2.43. The van der Waals surface area contributed by atoms with Crippen molar-refractivity contribution in [1.29, 1.82) is 0 Å². The summed E-state index contributed by atoms with van der Waals surface area (Å²) in [5.74, 6) is 2.54. The molecule has 0 amide bonds. The van der Waals surface area contributed by atoms with Gasteiger partial charge in [-0.25, -0.2) is 4.39 Å². The topological polar surface area (TPSA) is 0 Å². The molecule has 0 spiro atoms. The van der Waals surface area contributed by atoms with Crippen molar-refractivity contribution in [3.63, 3.8) is 0 Å². The smallest absolute Gasteiger partial charge is 0.103 e. The molecule has 2 aliphatic rings. The highest BCUT2D eigenvalue weighted by molar-refractivity contribution is 4.86. The zero-order chi connectivity index (χ0) is 13.7. The van der Waals surface area contributed by atoms with E-state index in [1.165, 1.54) is 57.8 Å². The minimum absolute atomic E-state index is 0.367. The molecule has 2 aliphatic carbocycles. The minimum Gasteiger partial charge on any atom is -0.247 e. The summed E-state index contributed by atoms with van der Waals surface area (Å²) in [6.45, 7) is 4.52. The predicted octanol–water partition coefficient (Wildman–Crippen LogP) is 6.15. The molecule has 4 unspecified atom stereocenters. The number of unbranched alkanes of at least 4 members (excludes halogenated alkanes) is 1. The highest BCUT2D eigenvalue weighted by atomic mass is 19.1. The summed E-state index contributed by atoms with van der Waals surface area (Å²) in [6, 6.07) is 0. The van der Waals surface area contributed by atoms with Gasteiger partial charge in [0.2, 0.25) is 0 Å². The lowest BCUT2D eigenvalue weighted by Crippen LogP contribution is -2.34. The van der Waals surface area contributed by atoms with Crippen LogP contribution in [-0.4, -0.2) is 6.17 Å². The van der Waals surface area contributed by atoms with E-state index in [9.17, 15) is 4.39 Å². The van der Waals surface area contributed by atoms with Crippen molar-refractivity contribution in [1.82, 2.24) is 0 Å². The van der Waals surface area contributed by atoms with Crippen molar-refractivity contribution in [2.45, 2.75) is 90.6 Å². The molecule has 2 saturated carbocycles. The molecule has 112 valence electrons. The Kier molecular flexibility index (Phi) is 6.16. The van der Waals surface area contributed by atoms with Crippen LogP contribution in [0.5, 0.6) is 0 Å². The van der Waals surface area contributed by atoms with Gasteiger partial charge in [-0.15, -0.1) is 0 Å². The van der Waals surface area contributed by atoms with Gasteiger partial charge in [0.05, 0.1) is 0 Å². The summed E-state index contributed by atoms with van der Waals surface area (Å²) in [5.41, 5.74) is 0. The van der Waals surface area contributed by atoms with Crippen LogP contribution in [0.2, 0.25) is 0 Å². The molecule has 0 aromatic rings. The maximum atomic E-state index is 14.5. The largest absolute Gasteiger partial charge is 0.247 e. The van der Waals surface area contributed by atoms with Crippen molar-refractivity contribution >= 4 is 0 Å². The van der Waals surface area contributed by atoms with Gasteiger partial charge in [0.15, 0.2) is 0 Å². The summed E-state index contributed by atoms with van der Waals surface area (Å²) >= 11 is 0. The molecule has 0 heterocycles. The molecule has 0 saturated heterocycles. The van der Waals surface area contributed by atoms with Crippen molar-refractivity contribution in [2.75, 3.05) is 0 Å². The van der Waals surface area contributed by atoms with E-state index in [0.29, 0.717) is 17.8 Å². The van der Waals surface area contributed by atoms with E-state index in [1.807, 2.05) is 0 Å². The van der Waals surface area contributed by atoms with Crippen LogP contribution in [0.15, 0.2) is 0 Å². The Balaban J connectivity index is 1.80. The fourth-order valence-electron chi connectivity index (χ4n) is 4.58. The van der Waals surface area contributed by atoms with Crippen molar-refractivity contribution in [3.05, 3.63) is 0 Å². The minimum atomic E-state index is -0.507. The number of alkyl halides is 1. The molecule has 2 fully saturated rings. The number of rotatable bonds is 5. The summed E-state index contributed by atoms with van der Waals surface area (Å²) in [4.78, 5) is 0. The third-order valence-corrected chi connectivity index (χ3v) is 5.92. The first-order valence-electron chi connectivity index (χ1n) is 8.86. The van der Waals surface area contributed by atoms with Gasteiger partial charge >= 0.3 is 0 Å². The Labute approximate surface area is 119 Å². The third kappa shape index (κ3) is 4.20. The van der Waals surface area contributed by atoms with Crippen LogP contribution in [0.1, 0.15) is 84.5 Å². The van der Waals surface area contributed by atoms with E-state index >= 15 is 0 Å². The molecule has 4 atom stereocenters. The Morgan fingerprint density at radius 1 is 1.00 bits per heavy atom. The SMILES string of the molecule is CCCCC(C)C1CCC(C2CCCCC2)CC1F. The van der Waals surface area contributed by atoms with Crippen LogP contribution in [0.25, 0.3) is 0 Å². The predicted molar refractivity (Wildman–Crippen MR) is 81.0 cm³/mol. The lowest BCUT2D eigenvalue weighted by atomic mass is 9.67. The molecular weight excluding hydrogens is 235 g/mol. The van der Waals surface area contributed by atoms with E-state index in [1.54, 1.807) is 0 Å². The second kappa shape index (κ2) is 7.64. The fraction of sp³-hybridized carbons (Fsp3) is 1.00. The summed E-state index contributed by atoms with van der Waals surface area (Å²) in [6.07, 6.45) is 13.6. The molecule has 0 radical (unpaired) electrons. The average Bonchev–Trinajstić information content (AvgIpc) is 2.45. The second-order valence-electron chi connectivity index (χ2n) is 7.27. The standard InChI is InChI=1S/C18H33F/c1-3-4-8-14(2)17-12-11-16(13-18(17)19)15-9-6-5-7-10-15/h14-18H,3-13H2,1-2H3. The highest BCUT2D eigenvalue weighted by Gasteiger charge is 2.36. The Bertz CT molecular complexity index is 244. The van der Waals surface area contributed by atoms with Crippen LogP contribution < -0.4 is 0 Å². The summed E-state index contributed by atoms with van der Waals surface area (Å²) < 4.78 is 14.5. The van der Waals surface area contributed by atoms with E-state index in [2.05, 4.69) is 13.8 Å². The molecule has 1 heteroatoms. The molecular formula is C18H33F. The second-order valence-corrected chi connectivity index (χ2v) is 7.27. The molecule has 0 bridgehead atoms. The Hall–Kier alpha value is -0.0700. The maximum absolute atomic E-state index is 14.5. The van der Waals surface area contributed by atoms with Crippen LogP contribution in [0, 0.1) is 23.7 Å². The van der Waals surface area contributed by atoms with Crippen LogP contribution in [-0.2, 0) is 0 Å². The van der Waals surface area contributed by atoms with Crippen LogP contribution in [0.4, 0.5) is 4.39 Å². The normalized spacial score (nSPS) is 35.2. The van der Waals surface area contributed by atoms with Crippen molar-refractivity contribution < 1.29 is 4.39 Å². The molecule has 0 N–H and O–H groups in total. The zero-order valence-corrected chi connectivity index (χ0v) is 13.0. The number of hydrogen-bond donors (Lipinski definition) is 0. The molecule has 19 heavy (non-hydrogen) atoms. The fourth-order valence-corrected chi connectivity index (χ4v) is 4.58. The van der Waals surface area contributed by atoms with E-state index in [4.69, 9.17) is 0 Å². The van der Waals surface area contributed by atoms with Gasteiger partial charge in [-0.2, -0.15) is 0 Å². The Morgan fingerprint density at radius 2 is 1.74 bits per heavy atom. The summed E-state index contributed by atoms with van der Waals surface area (Å²) in [7, 11) is 0. The monoisotopic (exact) mass is 268 g/mol. The van der Waals surface area contributed by atoms with E-state index in [0.717, 1.165) is 18.8 Å². The lowest BCUT2D eigenvalue weighted by molar-refractivity contribution is 0.0547. The zero-order valence-electron chi connectivity index (χ0n) is 13.0. The maximum Gasteiger partial charge on any atom is 0.103 e. The van der Waals surface area contributed by atoms with Gasteiger partial charge in [-0.1, -0.05) is 65.2 Å². The van der Waals surface area contributed by atoms with Gasteiger partial charge in [0.25, 0.3) is 0 Å². The van der Waals surface area contributed by atoms with Gasteiger partial charge < -0.3 is 0 Å². The average molecular weight is 268 g/mol. The van der Waals surface area contributed by atoms with Gasteiger partial charge in [-0.3, -0.25) is 0 Å². The number of hydrogen-bond acceptors (Lipinski definition) is 0. The van der Waals surface area contributed by atoms with Crippen molar-refractivity contribution in [3.8, 4) is 0 Å². The van der Waals surface area contributed by atoms with E-state index < -0.39 is 6.17 Å². The molecule has 0 aliphatic heterocycles. The molecule has 0 aromatic heterocycles. The third-order valence-electron chi connectivity index (χ3n) is 5.92. The van der Waals surface area contributed by atoms with Gasteiger partial charge in [0.1, 0.15) is 6.17 Å². The van der Waals surface area contributed by atoms with Gasteiger partial charge in [0, 0.05) is 0 Å².